The Kier molecular flexibility index (Phi) is 8.27. The number of carbonyl (C=O) groups excluding carboxylic acids is 2. The molecule has 0 aliphatic rings. The number of rotatable bonds is 8. The molecule has 0 aliphatic heterocycles. The van der Waals surface area contributed by atoms with E-state index in [1.807, 2.05) is 0 Å². The molecule has 0 aliphatic carbocycles. The lowest BCUT2D eigenvalue weighted by Crippen LogP contribution is -2.34. The third kappa shape index (κ3) is 6.82. The lowest BCUT2D eigenvalue weighted by atomic mass is 10.2. The van der Waals surface area contributed by atoms with Crippen molar-refractivity contribution in [3.05, 3.63) is 82.0 Å². The third-order valence-corrected chi connectivity index (χ3v) is 4.79. The molecule has 13 heteroatoms. The first-order valence-corrected chi connectivity index (χ1v) is 10.6. The second kappa shape index (κ2) is 11.4. The number of pyridine rings is 2. The Hall–Kier alpha value is -4.39. The Morgan fingerprint density at radius 3 is 2.42 bits per heavy atom. The summed E-state index contributed by atoms with van der Waals surface area (Å²) in [6.07, 6.45) is -2.58. The molecule has 0 spiro atoms. The number of carbonyl (C=O) groups is 2. The van der Waals surface area contributed by atoms with E-state index in [1.54, 1.807) is 30.3 Å². The van der Waals surface area contributed by atoms with Crippen LogP contribution in [0.3, 0.4) is 0 Å². The maximum atomic E-state index is 13.2. The molecule has 2 aromatic heterocycles. The van der Waals surface area contributed by atoms with Crippen molar-refractivity contribution in [1.29, 1.82) is 0 Å². The number of urea groups is 1. The zero-order valence-electron chi connectivity index (χ0n) is 19.3. The van der Waals surface area contributed by atoms with Gasteiger partial charge in [0.15, 0.2) is 0 Å². The molecule has 1 aromatic carbocycles. The van der Waals surface area contributed by atoms with E-state index in [0.29, 0.717) is 29.3 Å². The van der Waals surface area contributed by atoms with Crippen LogP contribution in [-0.2, 0) is 19.4 Å². The highest BCUT2D eigenvalue weighted by atomic mass is 19.4. The van der Waals surface area contributed by atoms with Crippen molar-refractivity contribution < 1.29 is 27.5 Å². The maximum Gasteiger partial charge on any atom is 0.417 e. The van der Waals surface area contributed by atoms with Crippen molar-refractivity contribution >= 4 is 17.6 Å². The first kappa shape index (κ1) is 26.2. The van der Waals surface area contributed by atoms with E-state index in [0.717, 1.165) is 4.57 Å². The van der Waals surface area contributed by atoms with Crippen LogP contribution in [0.2, 0.25) is 0 Å². The molecule has 190 valence electrons. The van der Waals surface area contributed by atoms with Gasteiger partial charge < -0.3 is 26.0 Å². The highest BCUT2D eigenvalue weighted by Crippen LogP contribution is 2.29. The highest BCUT2D eigenvalue weighted by molar-refractivity contribution is 5.92. The largest absolute Gasteiger partial charge is 0.457 e. The second-order valence-electron chi connectivity index (χ2n) is 7.44. The SMILES string of the molecule is CNCn1cc(C(F)(F)F)cc(NC(=O)NCc2ccc(Oc3ccnc(C(=O)NC)c3)cc2)c1=O. The molecular weight excluding hydrogens is 481 g/mol. The van der Waals surface area contributed by atoms with Crippen molar-refractivity contribution in [2.45, 2.75) is 19.4 Å². The second-order valence-corrected chi connectivity index (χ2v) is 7.44. The minimum absolute atomic E-state index is 0.0336. The number of nitrogens with one attached hydrogen (secondary N) is 4. The molecule has 3 rings (SSSR count). The molecule has 3 amide bonds. The third-order valence-electron chi connectivity index (χ3n) is 4.79. The molecular formula is C23H23F3N6O4. The van der Waals surface area contributed by atoms with Gasteiger partial charge in [-0.3, -0.25) is 19.1 Å². The van der Waals surface area contributed by atoms with Gasteiger partial charge in [-0.15, -0.1) is 0 Å². The average molecular weight is 504 g/mol. The Balaban J connectivity index is 1.62. The van der Waals surface area contributed by atoms with Crippen LogP contribution in [0, 0.1) is 0 Å². The molecule has 3 aromatic rings. The lowest BCUT2D eigenvalue weighted by molar-refractivity contribution is -0.138. The predicted molar refractivity (Wildman–Crippen MR) is 125 cm³/mol. The number of amides is 3. The van der Waals surface area contributed by atoms with Crippen LogP contribution in [0.15, 0.2) is 59.7 Å². The molecule has 0 saturated carbocycles. The van der Waals surface area contributed by atoms with Gasteiger partial charge in [-0.1, -0.05) is 12.1 Å². The summed E-state index contributed by atoms with van der Waals surface area (Å²) in [6, 6.07) is 9.43. The lowest BCUT2D eigenvalue weighted by Gasteiger charge is -2.14. The number of aromatic nitrogens is 2. The maximum absolute atomic E-state index is 13.2. The fourth-order valence-electron chi connectivity index (χ4n) is 3.06. The Bertz CT molecular complexity index is 1290. The number of alkyl halides is 3. The number of hydrogen-bond acceptors (Lipinski definition) is 6. The van der Waals surface area contributed by atoms with Gasteiger partial charge >= 0.3 is 12.2 Å². The number of hydrogen-bond donors (Lipinski definition) is 4. The number of nitrogens with zero attached hydrogens (tertiary/aromatic N) is 2. The van der Waals surface area contributed by atoms with E-state index in [1.165, 1.54) is 26.4 Å². The molecule has 10 nitrogen and oxygen atoms in total. The smallest absolute Gasteiger partial charge is 0.417 e. The van der Waals surface area contributed by atoms with Gasteiger partial charge in [-0.25, -0.2) is 4.79 Å². The molecule has 36 heavy (non-hydrogen) atoms. The van der Waals surface area contributed by atoms with Crippen molar-refractivity contribution in [3.63, 3.8) is 0 Å². The fraction of sp³-hybridized carbons (Fsp3) is 0.217. The minimum atomic E-state index is -4.69. The zero-order chi connectivity index (χ0) is 26.3. The quantitative estimate of drug-likeness (QED) is 0.374. The molecule has 2 heterocycles. The first-order chi connectivity index (χ1) is 17.1. The number of anilines is 1. The van der Waals surface area contributed by atoms with Gasteiger partial charge in [0.25, 0.3) is 11.5 Å². The summed E-state index contributed by atoms with van der Waals surface area (Å²) >= 11 is 0. The van der Waals surface area contributed by atoms with Crippen LogP contribution >= 0.6 is 0 Å². The van der Waals surface area contributed by atoms with E-state index in [-0.39, 0.29) is 24.8 Å². The van der Waals surface area contributed by atoms with E-state index in [4.69, 9.17) is 4.74 Å². The Morgan fingerprint density at radius 2 is 1.78 bits per heavy atom. The molecule has 0 atom stereocenters. The first-order valence-electron chi connectivity index (χ1n) is 10.6. The average Bonchev–Trinajstić information content (AvgIpc) is 2.85. The molecule has 0 fully saturated rings. The van der Waals surface area contributed by atoms with E-state index < -0.39 is 29.0 Å². The predicted octanol–water partition coefficient (Wildman–Crippen LogP) is 2.91. The van der Waals surface area contributed by atoms with Gasteiger partial charge in [0, 0.05) is 32.1 Å². The standard InChI is InChI=1S/C23H23F3N6O4/c1-27-13-32-12-15(23(24,25)26)9-19(21(32)34)31-22(35)30-11-14-3-5-16(6-4-14)36-17-7-8-29-18(10-17)20(33)28-2/h3-10,12,27H,11,13H2,1-2H3,(H,28,33)(H2,30,31,35). The normalized spacial score (nSPS) is 11.0. The van der Waals surface area contributed by atoms with Crippen LogP contribution in [-0.4, -0.2) is 35.6 Å². The Morgan fingerprint density at radius 1 is 1.06 bits per heavy atom. The van der Waals surface area contributed by atoms with E-state index in [9.17, 15) is 27.6 Å². The summed E-state index contributed by atoms with van der Waals surface area (Å²) in [5.41, 5.74) is -1.51. The van der Waals surface area contributed by atoms with Crippen molar-refractivity contribution in [3.8, 4) is 11.5 Å². The molecule has 0 saturated heterocycles. The highest BCUT2D eigenvalue weighted by Gasteiger charge is 2.32. The summed E-state index contributed by atoms with van der Waals surface area (Å²) in [7, 11) is 2.96. The van der Waals surface area contributed by atoms with Crippen molar-refractivity contribution in [1.82, 2.24) is 25.5 Å². The van der Waals surface area contributed by atoms with Gasteiger partial charge in [-0.2, -0.15) is 13.2 Å². The number of benzene rings is 1. The molecule has 0 radical (unpaired) electrons. The van der Waals surface area contributed by atoms with Crippen LogP contribution in [0.1, 0.15) is 21.6 Å². The summed E-state index contributed by atoms with van der Waals surface area (Å²) in [5, 5.41) is 9.74. The topological polar surface area (TPSA) is 126 Å². The van der Waals surface area contributed by atoms with Gasteiger partial charge in [0.1, 0.15) is 22.9 Å². The zero-order valence-corrected chi connectivity index (χ0v) is 19.3. The number of halogens is 3. The van der Waals surface area contributed by atoms with Crippen molar-refractivity contribution in [2.24, 2.45) is 0 Å². The van der Waals surface area contributed by atoms with Gasteiger partial charge in [0.2, 0.25) is 0 Å². The van der Waals surface area contributed by atoms with Gasteiger partial charge in [-0.05, 0) is 36.9 Å². The summed E-state index contributed by atoms with van der Waals surface area (Å²) in [5.74, 6) is 0.511. The van der Waals surface area contributed by atoms with Crippen LogP contribution in [0.5, 0.6) is 11.5 Å². The Labute approximate surface area is 203 Å². The van der Waals surface area contributed by atoms with Crippen LogP contribution in [0.25, 0.3) is 0 Å². The number of ether oxygens (including phenoxy) is 1. The van der Waals surface area contributed by atoms with E-state index >= 15 is 0 Å². The van der Waals surface area contributed by atoms with Crippen molar-refractivity contribution in [2.75, 3.05) is 19.4 Å². The summed E-state index contributed by atoms with van der Waals surface area (Å²) < 4.78 is 46.0. The summed E-state index contributed by atoms with van der Waals surface area (Å²) in [6.45, 7) is -0.133. The van der Waals surface area contributed by atoms with Crippen LogP contribution in [0.4, 0.5) is 23.7 Å². The fourth-order valence-corrected chi connectivity index (χ4v) is 3.06. The van der Waals surface area contributed by atoms with E-state index in [2.05, 4.69) is 26.3 Å². The monoisotopic (exact) mass is 504 g/mol. The molecule has 0 bridgehead atoms. The van der Waals surface area contributed by atoms with Gasteiger partial charge in [0.05, 0.1) is 12.2 Å². The molecule has 4 N–H and O–H groups in total. The molecule has 0 unspecified atom stereocenters. The van der Waals surface area contributed by atoms with Crippen LogP contribution < -0.4 is 31.6 Å². The summed E-state index contributed by atoms with van der Waals surface area (Å²) in [4.78, 5) is 40.3. The minimum Gasteiger partial charge on any atom is -0.457 e.